The van der Waals surface area contributed by atoms with Gasteiger partial charge in [0.05, 0.1) is 12.2 Å². The minimum Gasteiger partial charge on any atom is -0.423 e. The fraction of sp³-hybridized carbons (Fsp3) is 0.316. The Morgan fingerprint density at radius 2 is 2.00 bits per heavy atom. The Morgan fingerprint density at radius 1 is 1.24 bits per heavy atom. The van der Waals surface area contributed by atoms with Crippen LogP contribution in [0, 0.1) is 0 Å². The van der Waals surface area contributed by atoms with Gasteiger partial charge in [0.15, 0.2) is 5.75 Å². The summed E-state index contributed by atoms with van der Waals surface area (Å²) < 4.78 is 5.22. The van der Waals surface area contributed by atoms with Crippen molar-refractivity contribution in [1.82, 2.24) is 9.88 Å². The number of likely N-dealkylation sites (N-methyl/N-ethyl adjacent to an activating group) is 1. The van der Waals surface area contributed by atoms with Gasteiger partial charge in [0.2, 0.25) is 5.91 Å². The van der Waals surface area contributed by atoms with Crippen LogP contribution >= 0.6 is 0 Å². The highest BCUT2D eigenvalue weighted by Gasteiger charge is 2.26. The third kappa shape index (κ3) is 4.15. The zero-order chi connectivity index (χ0) is 17.6. The topological polar surface area (TPSA) is 62.7 Å². The number of carbonyl (C=O) groups excluding carboxylic acids is 2. The molecular formula is C19H21N3O3. The lowest BCUT2D eigenvalue weighted by molar-refractivity contribution is -0.133. The second-order valence-corrected chi connectivity index (χ2v) is 5.88. The highest BCUT2D eigenvalue weighted by molar-refractivity contribution is 5.89. The molecule has 1 aliphatic heterocycles. The molecule has 0 saturated carbocycles. The Morgan fingerprint density at radius 3 is 2.76 bits per heavy atom. The lowest BCUT2D eigenvalue weighted by atomic mass is 10.2. The van der Waals surface area contributed by atoms with E-state index in [0.29, 0.717) is 18.8 Å². The monoisotopic (exact) mass is 339 g/mol. The van der Waals surface area contributed by atoms with Gasteiger partial charge in [0, 0.05) is 25.5 Å². The quantitative estimate of drug-likeness (QED) is 0.594. The number of amides is 1. The van der Waals surface area contributed by atoms with Gasteiger partial charge in [-0.15, -0.1) is 0 Å². The number of anilines is 1. The number of carbonyl (C=O) groups is 2. The van der Waals surface area contributed by atoms with Gasteiger partial charge in [-0.2, -0.15) is 0 Å². The van der Waals surface area contributed by atoms with Gasteiger partial charge in [-0.3, -0.25) is 9.78 Å². The Bertz CT molecular complexity index is 749. The lowest BCUT2D eigenvalue weighted by Gasteiger charge is -2.31. The summed E-state index contributed by atoms with van der Waals surface area (Å²) in [5, 5.41) is 0. The molecule has 1 amide bonds. The third-order valence-corrected chi connectivity index (χ3v) is 4.23. The van der Waals surface area contributed by atoms with Crippen LogP contribution in [0.1, 0.15) is 12.5 Å². The van der Waals surface area contributed by atoms with Crippen LogP contribution in [0.2, 0.25) is 0 Å². The van der Waals surface area contributed by atoms with Gasteiger partial charge in [-0.1, -0.05) is 12.1 Å². The third-order valence-electron chi connectivity index (χ3n) is 4.23. The first kappa shape index (κ1) is 17.0. The van der Waals surface area contributed by atoms with Crippen LogP contribution in [0.3, 0.4) is 0 Å². The summed E-state index contributed by atoms with van der Waals surface area (Å²) in [7, 11) is 0. The number of rotatable bonds is 6. The zero-order valence-corrected chi connectivity index (χ0v) is 14.2. The van der Waals surface area contributed by atoms with E-state index in [-0.39, 0.29) is 25.0 Å². The van der Waals surface area contributed by atoms with Crippen molar-refractivity contribution in [3.63, 3.8) is 0 Å². The number of fused-ring (bicyclic) bond motifs is 1. The predicted molar refractivity (Wildman–Crippen MR) is 94.5 cm³/mol. The average Bonchev–Trinajstić information content (AvgIpc) is 2.63. The van der Waals surface area contributed by atoms with Crippen molar-refractivity contribution in [2.24, 2.45) is 0 Å². The zero-order valence-electron chi connectivity index (χ0n) is 14.2. The molecule has 2 heterocycles. The molecular weight excluding hydrogens is 318 g/mol. The molecule has 0 fully saturated rings. The maximum atomic E-state index is 12.7. The largest absolute Gasteiger partial charge is 0.423 e. The number of aromatic nitrogens is 1. The van der Waals surface area contributed by atoms with Crippen molar-refractivity contribution < 1.29 is 14.3 Å². The second kappa shape index (κ2) is 7.79. The van der Waals surface area contributed by atoms with E-state index in [2.05, 4.69) is 4.98 Å². The molecule has 0 saturated heterocycles. The number of benzene rings is 1. The van der Waals surface area contributed by atoms with Gasteiger partial charge in [-0.05, 0) is 43.2 Å². The molecule has 0 aliphatic carbocycles. The van der Waals surface area contributed by atoms with E-state index in [1.165, 1.54) is 0 Å². The first-order valence-electron chi connectivity index (χ1n) is 8.38. The van der Waals surface area contributed by atoms with Gasteiger partial charge in [-0.25, -0.2) is 4.79 Å². The molecule has 0 unspecified atom stereocenters. The smallest absolute Gasteiger partial charge is 0.331 e. The number of esters is 1. The molecule has 1 aromatic heterocycles. The van der Waals surface area contributed by atoms with Crippen molar-refractivity contribution in [3.8, 4) is 5.75 Å². The van der Waals surface area contributed by atoms with E-state index in [1.54, 1.807) is 23.4 Å². The number of hydrogen-bond donors (Lipinski definition) is 0. The number of ether oxygens (including phenoxy) is 1. The standard InChI is InChI=1S/C19H21N3O3/c1-2-21(12-9-15-7-10-20-11-8-15)18(23)13-22-14-19(24)25-17-6-4-3-5-16(17)22/h3-8,10-11H,2,9,12-14H2,1H3. The molecule has 6 heteroatoms. The summed E-state index contributed by atoms with van der Waals surface area (Å²) in [5.74, 6) is 0.166. The second-order valence-electron chi connectivity index (χ2n) is 5.88. The van der Waals surface area contributed by atoms with Crippen LogP contribution in [0.4, 0.5) is 5.69 Å². The molecule has 6 nitrogen and oxygen atoms in total. The highest BCUT2D eigenvalue weighted by Crippen LogP contribution is 2.31. The molecule has 0 bridgehead atoms. The van der Waals surface area contributed by atoms with Crippen LogP contribution < -0.4 is 9.64 Å². The summed E-state index contributed by atoms with van der Waals surface area (Å²) in [6, 6.07) is 11.2. The fourth-order valence-corrected chi connectivity index (χ4v) is 2.88. The fourth-order valence-electron chi connectivity index (χ4n) is 2.88. The van der Waals surface area contributed by atoms with Crippen molar-refractivity contribution >= 4 is 17.6 Å². The van der Waals surface area contributed by atoms with E-state index in [4.69, 9.17) is 4.74 Å². The van der Waals surface area contributed by atoms with Gasteiger partial charge < -0.3 is 14.5 Å². The molecule has 0 N–H and O–H groups in total. The molecule has 1 aliphatic rings. The van der Waals surface area contributed by atoms with Gasteiger partial charge in [0.25, 0.3) is 0 Å². The lowest BCUT2D eigenvalue weighted by Crippen LogP contribution is -2.45. The van der Waals surface area contributed by atoms with E-state index >= 15 is 0 Å². The Kier molecular flexibility index (Phi) is 5.28. The predicted octanol–water partition coefficient (Wildman–Crippen LogP) is 1.90. The maximum Gasteiger partial charge on any atom is 0.331 e. The highest BCUT2D eigenvalue weighted by atomic mass is 16.5. The molecule has 1 aromatic carbocycles. The van der Waals surface area contributed by atoms with E-state index < -0.39 is 0 Å². The molecule has 130 valence electrons. The maximum absolute atomic E-state index is 12.7. The summed E-state index contributed by atoms with van der Waals surface area (Å²) in [4.78, 5) is 32.1. The summed E-state index contributed by atoms with van der Waals surface area (Å²) in [6.07, 6.45) is 4.29. The molecule has 25 heavy (non-hydrogen) atoms. The van der Waals surface area contributed by atoms with Crippen LogP contribution in [-0.2, 0) is 16.0 Å². The SMILES string of the molecule is CCN(CCc1ccncc1)C(=O)CN1CC(=O)Oc2ccccc21. The summed E-state index contributed by atoms with van der Waals surface area (Å²) in [5.41, 5.74) is 1.92. The number of para-hydroxylation sites is 2. The minimum absolute atomic E-state index is 0.000981. The van der Waals surface area contributed by atoms with Gasteiger partial charge >= 0.3 is 5.97 Å². The number of pyridine rings is 1. The van der Waals surface area contributed by atoms with Crippen molar-refractivity contribution in [3.05, 3.63) is 54.4 Å². The summed E-state index contributed by atoms with van der Waals surface area (Å²) in [6.45, 7) is 3.48. The molecule has 0 atom stereocenters. The molecule has 3 rings (SSSR count). The van der Waals surface area contributed by atoms with E-state index in [0.717, 1.165) is 17.7 Å². The minimum atomic E-state index is -0.341. The van der Waals surface area contributed by atoms with E-state index in [1.807, 2.05) is 42.2 Å². The van der Waals surface area contributed by atoms with Gasteiger partial charge in [0.1, 0.15) is 6.54 Å². The molecule has 2 aromatic rings. The number of nitrogens with zero attached hydrogens (tertiary/aromatic N) is 3. The molecule has 0 radical (unpaired) electrons. The van der Waals surface area contributed by atoms with Crippen LogP contribution in [0.15, 0.2) is 48.8 Å². The average molecular weight is 339 g/mol. The van der Waals surface area contributed by atoms with Crippen molar-refractivity contribution in [2.45, 2.75) is 13.3 Å². The Labute approximate surface area is 147 Å². The van der Waals surface area contributed by atoms with Crippen LogP contribution in [0.25, 0.3) is 0 Å². The molecule has 0 spiro atoms. The normalized spacial score (nSPS) is 13.2. The first-order chi connectivity index (χ1) is 12.2. The van der Waals surface area contributed by atoms with Crippen LogP contribution in [0.5, 0.6) is 5.75 Å². The summed E-state index contributed by atoms with van der Waals surface area (Å²) >= 11 is 0. The Hall–Kier alpha value is -2.89. The van der Waals surface area contributed by atoms with E-state index in [9.17, 15) is 9.59 Å². The van der Waals surface area contributed by atoms with Crippen LogP contribution in [-0.4, -0.2) is 47.9 Å². The Balaban J connectivity index is 1.65. The van der Waals surface area contributed by atoms with Crippen molar-refractivity contribution in [2.75, 3.05) is 31.1 Å². The first-order valence-corrected chi connectivity index (χ1v) is 8.38. The van der Waals surface area contributed by atoms with Crippen molar-refractivity contribution in [1.29, 1.82) is 0 Å². The number of hydrogen-bond acceptors (Lipinski definition) is 5.